The van der Waals surface area contributed by atoms with Crippen molar-refractivity contribution in [2.24, 2.45) is 11.1 Å². The maximum atomic E-state index is 12.2. The van der Waals surface area contributed by atoms with Crippen LogP contribution in [0.1, 0.15) is 36.1 Å². The largest absolute Gasteiger partial charge is 0.340 e. The van der Waals surface area contributed by atoms with E-state index in [1.807, 2.05) is 20.8 Å². The molecule has 6 heteroatoms. The minimum Gasteiger partial charge on any atom is -0.340 e. The first-order valence-corrected chi connectivity index (χ1v) is 6.45. The van der Waals surface area contributed by atoms with Gasteiger partial charge in [-0.1, -0.05) is 25.3 Å². The standard InChI is InChI=1S/C11H20N4OS/c1-5-8-9(17-14-13-8)10(16)15(4)7-11(2,3)6-12/h5-7,12H2,1-4H3. The van der Waals surface area contributed by atoms with Crippen molar-refractivity contribution in [3.05, 3.63) is 10.6 Å². The van der Waals surface area contributed by atoms with Gasteiger partial charge in [0, 0.05) is 13.6 Å². The van der Waals surface area contributed by atoms with E-state index in [1.165, 1.54) is 0 Å². The second kappa shape index (κ2) is 5.55. The maximum absolute atomic E-state index is 12.2. The molecule has 17 heavy (non-hydrogen) atoms. The molecule has 1 amide bonds. The van der Waals surface area contributed by atoms with Gasteiger partial charge in [0.25, 0.3) is 5.91 Å². The highest BCUT2D eigenvalue weighted by Gasteiger charge is 2.24. The molecule has 96 valence electrons. The van der Waals surface area contributed by atoms with Crippen LogP contribution >= 0.6 is 11.5 Å². The van der Waals surface area contributed by atoms with E-state index in [-0.39, 0.29) is 11.3 Å². The predicted octanol–water partition coefficient (Wildman–Crippen LogP) is 1.16. The molecule has 0 saturated heterocycles. The summed E-state index contributed by atoms with van der Waals surface area (Å²) in [6.45, 7) is 7.23. The molecule has 0 radical (unpaired) electrons. The number of nitrogens with zero attached hydrogens (tertiary/aromatic N) is 3. The Balaban J connectivity index is 2.77. The second-order valence-electron chi connectivity index (χ2n) is 4.93. The Bertz CT molecular complexity index is 389. The van der Waals surface area contributed by atoms with E-state index in [4.69, 9.17) is 5.73 Å². The lowest BCUT2D eigenvalue weighted by molar-refractivity contribution is 0.0744. The van der Waals surface area contributed by atoms with Crippen LogP contribution in [-0.4, -0.2) is 40.5 Å². The van der Waals surface area contributed by atoms with Crippen LogP contribution in [0.25, 0.3) is 0 Å². The first kappa shape index (κ1) is 14.1. The van der Waals surface area contributed by atoms with Crippen LogP contribution in [0.4, 0.5) is 0 Å². The average Bonchev–Trinajstić information content (AvgIpc) is 2.75. The summed E-state index contributed by atoms with van der Waals surface area (Å²) in [5.74, 6) is -0.0154. The van der Waals surface area contributed by atoms with Crippen molar-refractivity contribution in [3.8, 4) is 0 Å². The third-order valence-electron chi connectivity index (χ3n) is 2.65. The normalized spacial score (nSPS) is 11.6. The van der Waals surface area contributed by atoms with Gasteiger partial charge in [0.05, 0.1) is 5.69 Å². The van der Waals surface area contributed by atoms with Gasteiger partial charge >= 0.3 is 0 Å². The number of aromatic nitrogens is 2. The molecule has 2 N–H and O–H groups in total. The van der Waals surface area contributed by atoms with E-state index in [0.29, 0.717) is 18.0 Å². The molecular weight excluding hydrogens is 236 g/mol. The van der Waals surface area contributed by atoms with Gasteiger partial charge < -0.3 is 10.6 Å². The van der Waals surface area contributed by atoms with Gasteiger partial charge in [-0.2, -0.15) is 0 Å². The Kier molecular flexibility index (Phi) is 4.59. The summed E-state index contributed by atoms with van der Waals surface area (Å²) in [5, 5.41) is 3.95. The molecule has 0 fully saturated rings. The Morgan fingerprint density at radius 2 is 2.18 bits per heavy atom. The zero-order chi connectivity index (χ0) is 13.1. The molecule has 1 aromatic heterocycles. The Hall–Kier alpha value is -1.01. The molecule has 0 aliphatic rings. The smallest absolute Gasteiger partial charge is 0.267 e. The molecule has 0 aromatic carbocycles. The van der Waals surface area contributed by atoms with Crippen LogP contribution in [0.15, 0.2) is 0 Å². The predicted molar refractivity (Wildman–Crippen MR) is 69.1 cm³/mol. The number of hydrogen-bond donors (Lipinski definition) is 1. The molecule has 0 aliphatic heterocycles. The number of rotatable bonds is 5. The lowest BCUT2D eigenvalue weighted by atomic mass is 9.93. The van der Waals surface area contributed by atoms with E-state index in [0.717, 1.165) is 23.6 Å². The zero-order valence-corrected chi connectivity index (χ0v) is 11.7. The molecule has 0 bridgehead atoms. The van der Waals surface area contributed by atoms with Gasteiger partial charge in [-0.3, -0.25) is 4.79 Å². The fourth-order valence-corrected chi connectivity index (χ4v) is 2.30. The van der Waals surface area contributed by atoms with Gasteiger partial charge in [-0.05, 0) is 29.9 Å². The second-order valence-corrected chi connectivity index (χ2v) is 5.69. The van der Waals surface area contributed by atoms with E-state index < -0.39 is 0 Å². The molecule has 0 atom stereocenters. The van der Waals surface area contributed by atoms with E-state index in [1.54, 1.807) is 11.9 Å². The molecular formula is C11H20N4OS. The fourth-order valence-electron chi connectivity index (χ4n) is 1.55. The maximum Gasteiger partial charge on any atom is 0.267 e. The summed E-state index contributed by atoms with van der Waals surface area (Å²) >= 11 is 1.16. The molecule has 1 heterocycles. The topological polar surface area (TPSA) is 72.1 Å². The molecule has 1 rings (SSSR count). The fraction of sp³-hybridized carbons (Fsp3) is 0.727. The van der Waals surface area contributed by atoms with Crippen LogP contribution in [0.5, 0.6) is 0 Å². The third-order valence-corrected chi connectivity index (χ3v) is 3.41. The highest BCUT2D eigenvalue weighted by Crippen LogP contribution is 2.18. The van der Waals surface area contributed by atoms with Crippen molar-refractivity contribution < 1.29 is 4.79 Å². The van der Waals surface area contributed by atoms with Crippen LogP contribution < -0.4 is 5.73 Å². The van der Waals surface area contributed by atoms with E-state index >= 15 is 0 Å². The summed E-state index contributed by atoms with van der Waals surface area (Å²) < 4.78 is 3.83. The lowest BCUT2D eigenvalue weighted by Crippen LogP contribution is -2.39. The number of carbonyl (C=O) groups is 1. The molecule has 1 aromatic rings. The molecule has 0 aliphatic carbocycles. The number of aryl methyl sites for hydroxylation is 1. The van der Waals surface area contributed by atoms with Crippen molar-refractivity contribution in [3.63, 3.8) is 0 Å². The van der Waals surface area contributed by atoms with Crippen molar-refractivity contribution in [1.29, 1.82) is 0 Å². The lowest BCUT2D eigenvalue weighted by Gasteiger charge is -2.28. The summed E-state index contributed by atoms with van der Waals surface area (Å²) in [5.41, 5.74) is 6.37. The van der Waals surface area contributed by atoms with Gasteiger partial charge in [0.15, 0.2) is 0 Å². The van der Waals surface area contributed by atoms with Crippen molar-refractivity contribution in [2.45, 2.75) is 27.2 Å². The zero-order valence-electron chi connectivity index (χ0n) is 10.9. The first-order chi connectivity index (χ1) is 7.91. The minimum atomic E-state index is -0.0745. The Labute approximate surface area is 106 Å². The van der Waals surface area contributed by atoms with Crippen molar-refractivity contribution in [1.82, 2.24) is 14.5 Å². The summed E-state index contributed by atoms with van der Waals surface area (Å²) in [6.07, 6.45) is 0.728. The van der Waals surface area contributed by atoms with Gasteiger partial charge in [0.2, 0.25) is 0 Å². The van der Waals surface area contributed by atoms with E-state index in [2.05, 4.69) is 9.59 Å². The molecule has 5 nitrogen and oxygen atoms in total. The van der Waals surface area contributed by atoms with Crippen molar-refractivity contribution >= 4 is 17.4 Å². The van der Waals surface area contributed by atoms with Crippen LogP contribution in [0.3, 0.4) is 0 Å². The molecule has 0 spiro atoms. The summed E-state index contributed by atoms with van der Waals surface area (Å²) in [6, 6.07) is 0. The average molecular weight is 256 g/mol. The summed E-state index contributed by atoms with van der Waals surface area (Å²) in [4.78, 5) is 14.5. The highest BCUT2D eigenvalue weighted by molar-refractivity contribution is 7.07. The minimum absolute atomic E-state index is 0.0154. The number of carbonyl (C=O) groups excluding carboxylic acids is 1. The van der Waals surface area contributed by atoms with E-state index in [9.17, 15) is 4.79 Å². The van der Waals surface area contributed by atoms with Crippen LogP contribution in [0, 0.1) is 5.41 Å². The number of nitrogens with two attached hydrogens (primary N) is 1. The molecule has 0 saturated carbocycles. The van der Waals surface area contributed by atoms with Crippen molar-refractivity contribution in [2.75, 3.05) is 20.1 Å². The molecule has 0 unspecified atom stereocenters. The SMILES string of the molecule is CCc1nnsc1C(=O)N(C)CC(C)(C)CN. The highest BCUT2D eigenvalue weighted by atomic mass is 32.1. The Morgan fingerprint density at radius 3 is 2.71 bits per heavy atom. The monoisotopic (exact) mass is 256 g/mol. The Morgan fingerprint density at radius 1 is 1.53 bits per heavy atom. The van der Waals surface area contributed by atoms with Crippen LogP contribution in [-0.2, 0) is 6.42 Å². The van der Waals surface area contributed by atoms with Gasteiger partial charge in [0.1, 0.15) is 4.88 Å². The number of hydrogen-bond acceptors (Lipinski definition) is 5. The van der Waals surface area contributed by atoms with Crippen LogP contribution in [0.2, 0.25) is 0 Å². The van der Waals surface area contributed by atoms with Gasteiger partial charge in [-0.15, -0.1) is 5.10 Å². The third kappa shape index (κ3) is 3.47. The quantitative estimate of drug-likeness (QED) is 0.858. The number of amides is 1. The van der Waals surface area contributed by atoms with Gasteiger partial charge in [-0.25, -0.2) is 0 Å². The summed E-state index contributed by atoms with van der Waals surface area (Å²) in [7, 11) is 1.79. The first-order valence-electron chi connectivity index (χ1n) is 5.68.